The van der Waals surface area contributed by atoms with E-state index in [-0.39, 0.29) is 18.2 Å². The Balaban J connectivity index is 1.97. The highest BCUT2D eigenvalue weighted by molar-refractivity contribution is 6.30. The summed E-state index contributed by atoms with van der Waals surface area (Å²) in [5.74, 6) is -1.56. The first-order valence-corrected chi connectivity index (χ1v) is 9.14. The number of nitrogens with one attached hydrogen (secondary N) is 1. The summed E-state index contributed by atoms with van der Waals surface area (Å²) in [7, 11) is 1.62. The topological polar surface area (TPSA) is 88.7 Å². The average molecular weight is 407 g/mol. The molecule has 2 rings (SSSR count). The zero-order valence-electron chi connectivity index (χ0n) is 16.3. The number of benzene rings is 1. The van der Waals surface area contributed by atoms with Gasteiger partial charge in [-0.15, -0.1) is 0 Å². The van der Waals surface area contributed by atoms with Gasteiger partial charge in [-0.2, -0.15) is 0 Å². The highest BCUT2D eigenvalue weighted by Crippen LogP contribution is 2.20. The van der Waals surface area contributed by atoms with Gasteiger partial charge in [-0.05, 0) is 44.0 Å². The van der Waals surface area contributed by atoms with Crippen LogP contribution in [0.25, 0.3) is 0 Å². The summed E-state index contributed by atoms with van der Waals surface area (Å²) >= 11 is 5.85. The first-order chi connectivity index (χ1) is 13.2. The smallest absolute Gasteiger partial charge is 0.355 e. The van der Waals surface area contributed by atoms with Gasteiger partial charge in [0.1, 0.15) is 5.69 Å². The highest BCUT2D eigenvalue weighted by Gasteiger charge is 2.24. The maximum Gasteiger partial charge on any atom is 0.355 e. The summed E-state index contributed by atoms with van der Waals surface area (Å²) in [6.45, 7) is 5.19. The van der Waals surface area contributed by atoms with Crippen LogP contribution in [0.15, 0.2) is 24.3 Å². The van der Waals surface area contributed by atoms with Gasteiger partial charge < -0.3 is 19.4 Å². The van der Waals surface area contributed by atoms with Crippen molar-refractivity contribution in [2.45, 2.75) is 27.3 Å². The van der Waals surface area contributed by atoms with Gasteiger partial charge in [-0.3, -0.25) is 4.79 Å². The number of H-pyrrole nitrogens is 1. The standard InChI is InChI=1S/C20H23ClN2O5/c1-5-27-19(25)17-12(2)18(22-13(17)3)20(26)28-11-16(24)23(4)10-14-6-8-15(21)9-7-14/h6-9,22H,5,10-11H2,1-4H3. The molecule has 8 heteroatoms. The summed E-state index contributed by atoms with van der Waals surface area (Å²) in [4.78, 5) is 40.9. The van der Waals surface area contributed by atoms with Crippen molar-refractivity contribution < 1.29 is 23.9 Å². The number of carbonyl (C=O) groups is 3. The van der Waals surface area contributed by atoms with E-state index in [0.29, 0.717) is 28.4 Å². The van der Waals surface area contributed by atoms with E-state index in [0.717, 1.165) is 5.56 Å². The number of likely N-dealkylation sites (N-methyl/N-ethyl adjacent to an activating group) is 1. The van der Waals surface area contributed by atoms with Crippen LogP contribution in [0.5, 0.6) is 0 Å². The van der Waals surface area contributed by atoms with Crippen molar-refractivity contribution in [1.29, 1.82) is 0 Å². The molecule has 1 aromatic heterocycles. The molecule has 28 heavy (non-hydrogen) atoms. The molecule has 1 heterocycles. The molecule has 0 spiro atoms. The Kier molecular flexibility index (Phi) is 7.23. The Labute approximate surface area is 168 Å². The lowest BCUT2D eigenvalue weighted by atomic mass is 10.1. The number of esters is 2. The number of nitrogens with zero attached hydrogens (tertiary/aromatic N) is 1. The fourth-order valence-electron chi connectivity index (χ4n) is 2.73. The second kappa shape index (κ2) is 9.41. The van der Waals surface area contributed by atoms with Crippen LogP contribution in [0, 0.1) is 13.8 Å². The van der Waals surface area contributed by atoms with Gasteiger partial charge in [0.2, 0.25) is 0 Å². The average Bonchev–Trinajstić information content (AvgIpc) is 2.95. The Hall–Kier alpha value is -2.80. The van der Waals surface area contributed by atoms with Gasteiger partial charge in [-0.1, -0.05) is 23.7 Å². The van der Waals surface area contributed by atoms with E-state index in [1.54, 1.807) is 40.0 Å². The second-order valence-electron chi connectivity index (χ2n) is 6.30. The number of rotatable bonds is 7. The zero-order valence-corrected chi connectivity index (χ0v) is 17.1. The molecule has 0 saturated carbocycles. The van der Waals surface area contributed by atoms with Crippen LogP contribution in [0.2, 0.25) is 5.02 Å². The Morgan fingerprint density at radius 3 is 2.32 bits per heavy atom. The fraction of sp³-hybridized carbons (Fsp3) is 0.350. The number of aromatic nitrogens is 1. The molecular weight excluding hydrogens is 384 g/mol. The lowest BCUT2D eigenvalue weighted by Gasteiger charge is -2.17. The van der Waals surface area contributed by atoms with Gasteiger partial charge in [0.25, 0.3) is 5.91 Å². The summed E-state index contributed by atoms with van der Waals surface area (Å²) in [5.41, 5.74) is 2.28. The molecule has 0 unspecified atom stereocenters. The van der Waals surface area contributed by atoms with E-state index in [2.05, 4.69) is 4.98 Å². The molecule has 0 atom stereocenters. The lowest BCUT2D eigenvalue weighted by Crippen LogP contribution is -2.31. The molecule has 0 aliphatic rings. The first kappa shape index (κ1) is 21.5. The predicted molar refractivity (Wildman–Crippen MR) is 104 cm³/mol. The van der Waals surface area contributed by atoms with E-state index < -0.39 is 18.5 Å². The maximum absolute atomic E-state index is 12.3. The van der Waals surface area contributed by atoms with E-state index in [1.807, 2.05) is 12.1 Å². The van der Waals surface area contributed by atoms with Gasteiger partial charge in [0, 0.05) is 24.3 Å². The molecule has 2 aromatic rings. The van der Waals surface area contributed by atoms with Crippen molar-refractivity contribution in [1.82, 2.24) is 9.88 Å². The fourth-order valence-corrected chi connectivity index (χ4v) is 2.85. The lowest BCUT2D eigenvalue weighted by molar-refractivity contribution is -0.133. The van der Waals surface area contributed by atoms with Gasteiger partial charge >= 0.3 is 11.9 Å². The van der Waals surface area contributed by atoms with Crippen LogP contribution >= 0.6 is 11.6 Å². The third kappa shape index (κ3) is 5.13. The molecule has 0 radical (unpaired) electrons. The molecular formula is C20H23ClN2O5. The number of halogens is 1. The summed E-state index contributed by atoms with van der Waals surface area (Å²) in [6.07, 6.45) is 0. The molecule has 0 aliphatic carbocycles. The quantitative estimate of drug-likeness (QED) is 0.713. The van der Waals surface area contributed by atoms with Gasteiger partial charge in [0.05, 0.1) is 12.2 Å². The van der Waals surface area contributed by atoms with Crippen molar-refractivity contribution in [2.75, 3.05) is 20.3 Å². The van der Waals surface area contributed by atoms with Crippen LogP contribution in [-0.2, 0) is 20.8 Å². The van der Waals surface area contributed by atoms with Crippen LogP contribution in [0.4, 0.5) is 0 Å². The maximum atomic E-state index is 12.3. The molecule has 0 saturated heterocycles. The van der Waals surface area contributed by atoms with Crippen molar-refractivity contribution in [2.24, 2.45) is 0 Å². The number of hydrogen-bond donors (Lipinski definition) is 1. The van der Waals surface area contributed by atoms with Crippen LogP contribution in [0.3, 0.4) is 0 Å². The van der Waals surface area contributed by atoms with Crippen LogP contribution < -0.4 is 0 Å². The highest BCUT2D eigenvalue weighted by atomic mass is 35.5. The Morgan fingerprint density at radius 1 is 1.07 bits per heavy atom. The van der Waals surface area contributed by atoms with E-state index in [4.69, 9.17) is 21.1 Å². The number of aromatic amines is 1. The molecule has 0 aliphatic heterocycles. The minimum Gasteiger partial charge on any atom is -0.462 e. The third-order valence-electron chi connectivity index (χ3n) is 4.21. The number of ether oxygens (including phenoxy) is 2. The number of hydrogen-bond acceptors (Lipinski definition) is 5. The predicted octanol–water partition coefficient (Wildman–Crippen LogP) is 3.28. The van der Waals surface area contributed by atoms with Crippen LogP contribution in [-0.4, -0.2) is 48.0 Å². The number of amides is 1. The summed E-state index contributed by atoms with van der Waals surface area (Å²) in [5, 5.41) is 0.616. The Bertz CT molecular complexity index is 873. The van der Waals surface area contributed by atoms with Gasteiger partial charge in [-0.25, -0.2) is 9.59 Å². The minimum atomic E-state index is -0.704. The molecule has 150 valence electrons. The molecule has 1 N–H and O–H groups in total. The largest absolute Gasteiger partial charge is 0.462 e. The van der Waals surface area contributed by atoms with Crippen molar-refractivity contribution in [3.8, 4) is 0 Å². The molecule has 0 fully saturated rings. The van der Waals surface area contributed by atoms with Crippen molar-refractivity contribution >= 4 is 29.4 Å². The summed E-state index contributed by atoms with van der Waals surface area (Å²) in [6, 6.07) is 7.12. The van der Waals surface area contributed by atoms with Gasteiger partial charge in [0.15, 0.2) is 6.61 Å². The molecule has 1 amide bonds. The minimum absolute atomic E-state index is 0.133. The van der Waals surface area contributed by atoms with Crippen LogP contribution in [0.1, 0.15) is 44.6 Å². The Morgan fingerprint density at radius 2 is 1.71 bits per heavy atom. The molecule has 7 nitrogen and oxygen atoms in total. The number of carbonyl (C=O) groups excluding carboxylic acids is 3. The second-order valence-corrected chi connectivity index (χ2v) is 6.73. The SMILES string of the molecule is CCOC(=O)c1c(C)[nH]c(C(=O)OCC(=O)N(C)Cc2ccc(Cl)cc2)c1C. The zero-order chi connectivity index (χ0) is 20.8. The third-order valence-corrected chi connectivity index (χ3v) is 4.46. The van der Waals surface area contributed by atoms with Crippen molar-refractivity contribution in [3.05, 3.63) is 57.4 Å². The van der Waals surface area contributed by atoms with E-state index >= 15 is 0 Å². The summed E-state index contributed by atoms with van der Waals surface area (Å²) < 4.78 is 10.1. The molecule has 0 bridgehead atoms. The first-order valence-electron chi connectivity index (χ1n) is 8.76. The van der Waals surface area contributed by atoms with Crippen molar-refractivity contribution in [3.63, 3.8) is 0 Å². The van der Waals surface area contributed by atoms with E-state index in [9.17, 15) is 14.4 Å². The van der Waals surface area contributed by atoms with E-state index in [1.165, 1.54) is 4.90 Å². The number of aryl methyl sites for hydroxylation is 1. The normalized spacial score (nSPS) is 10.5. The molecule has 1 aromatic carbocycles. The monoisotopic (exact) mass is 406 g/mol.